The van der Waals surface area contributed by atoms with Gasteiger partial charge in [-0.2, -0.15) is 0 Å². The topological polar surface area (TPSA) is 25.4 Å². The van der Waals surface area contributed by atoms with Crippen molar-refractivity contribution < 1.29 is 4.74 Å². The van der Waals surface area contributed by atoms with Crippen LogP contribution in [0.3, 0.4) is 0 Å². The number of hydrogen-bond donors (Lipinski definition) is 0. The van der Waals surface area contributed by atoms with Crippen LogP contribution in [0.4, 0.5) is 0 Å². The van der Waals surface area contributed by atoms with Crippen LogP contribution in [-0.4, -0.2) is 30.1 Å². The van der Waals surface area contributed by atoms with E-state index < -0.39 is 0 Å². The summed E-state index contributed by atoms with van der Waals surface area (Å²) in [5.74, 6) is 1.62. The average molecular weight is 338 g/mol. The molecule has 3 heteroatoms. The fourth-order valence-electron chi connectivity index (χ4n) is 3.99. The molecule has 0 spiro atoms. The maximum atomic E-state index is 5.38. The van der Waals surface area contributed by atoms with E-state index in [4.69, 9.17) is 4.74 Å². The predicted octanol–water partition coefficient (Wildman–Crippen LogP) is 4.55. The maximum absolute atomic E-state index is 5.38. The minimum Gasteiger partial charge on any atom is -0.481 e. The quantitative estimate of drug-likeness (QED) is 0.772. The van der Waals surface area contributed by atoms with Crippen molar-refractivity contribution in [3.63, 3.8) is 0 Å². The first-order valence-corrected chi connectivity index (χ1v) is 9.41. The number of likely N-dealkylation sites (tertiary alicyclic amines) is 1. The highest BCUT2D eigenvalue weighted by molar-refractivity contribution is 5.28. The highest BCUT2D eigenvalue weighted by Gasteiger charge is 2.20. The summed E-state index contributed by atoms with van der Waals surface area (Å²) < 4.78 is 5.38. The van der Waals surface area contributed by atoms with Crippen LogP contribution in [0, 0.1) is 19.8 Å². The van der Waals surface area contributed by atoms with Gasteiger partial charge in [-0.25, -0.2) is 4.98 Å². The second kappa shape index (κ2) is 8.48. The third-order valence-electron chi connectivity index (χ3n) is 5.27. The summed E-state index contributed by atoms with van der Waals surface area (Å²) in [6.07, 6.45) is 6.92. The average Bonchev–Trinajstić information content (AvgIpc) is 2.61. The Morgan fingerprint density at radius 3 is 2.52 bits per heavy atom. The first-order chi connectivity index (χ1) is 12.1. The first-order valence-electron chi connectivity index (χ1n) is 9.41. The molecule has 1 aliphatic rings. The zero-order valence-corrected chi connectivity index (χ0v) is 15.8. The van der Waals surface area contributed by atoms with Crippen molar-refractivity contribution in [3.05, 3.63) is 58.8 Å². The zero-order valence-electron chi connectivity index (χ0n) is 15.8. The Hall–Kier alpha value is -1.87. The summed E-state index contributed by atoms with van der Waals surface area (Å²) in [6, 6.07) is 11.1. The first kappa shape index (κ1) is 17.9. The molecular weight excluding hydrogens is 308 g/mol. The van der Waals surface area contributed by atoms with Gasteiger partial charge in [-0.15, -0.1) is 0 Å². The number of piperidine rings is 1. The summed E-state index contributed by atoms with van der Waals surface area (Å²) in [6.45, 7) is 7.69. The molecule has 0 unspecified atom stereocenters. The van der Waals surface area contributed by atoms with E-state index in [1.54, 1.807) is 13.3 Å². The smallest absolute Gasteiger partial charge is 0.217 e. The van der Waals surface area contributed by atoms with Crippen LogP contribution in [0.2, 0.25) is 0 Å². The fourth-order valence-corrected chi connectivity index (χ4v) is 3.99. The van der Waals surface area contributed by atoms with Gasteiger partial charge in [-0.1, -0.05) is 35.4 Å². The lowest BCUT2D eigenvalue weighted by molar-refractivity contribution is 0.170. The number of ether oxygens (including phenoxy) is 1. The summed E-state index contributed by atoms with van der Waals surface area (Å²) in [7, 11) is 1.70. The molecule has 0 bridgehead atoms. The van der Waals surface area contributed by atoms with Gasteiger partial charge < -0.3 is 4.74 Å². The summed E-state index contributed by atoms with van der Waals surface area (Å²) in [5.41, 5.74) is 5.46. The van der Waals surface area contributed by atoms with Gasteiger partial charge in [0.25, 0.3) is 0 Å². The molecule has 0 radical (unpaired) electrons. The van der Waals surface area contributed by atoms with Crippen LogP contribution in [0.25, 0.3) is 0 Å². The van der Waals surface area contributed by atoms with Crippen molar-refractivity contribution in [3.8, 4) is 5.88 Å². The van der Waals surface area contributed by atoms with E-state index in [1.807, 2.05) is 6.07 Å². The Balaban J connectivity index is 1.47. The van der Waals surface area contributed by atoms with Crippen LogP contribution in [-0.2, 0) is 13.0 Å². The molecule has 1 saturated heterocycles. The lowest BCUT2D eigenvalue weighted by Crippen LogP contribution is -2.33. The van der Waals surface area contributed by atoms with Crippen molar-refractivity contribution in [2.45, 2.75) is 46.1 Å². The van der Waals surface area contributed by atoms with Crippen LogP contribution in [0.1, 0.15) is 41.5 Å². The van der Waals surface area contributed by atoms with E-state index in [-0.39, 0.29) is 0 Å². The Kier molecular flexibility index (Phi) is 6.09. The fraction of sp³-hybridized carbons (Fsp3) is 0.500. The molecule has 0 saturated carbocycles. The third kappa shape index (κ3) is 5.05. The molecule has 0 amide bonds. The molecule has 1 aromatic heterocycles. The Bertz CT molecular complexity index is 670. The largest absolute Gasteiger partial charge is 0.481 e. The monoisotopic (exact) mass is 338 g/mol. The Morgan fingerprint density at radius 1 is 1.12 bits per heavy atom. The number of methoxy groups -OCH3 is 1. The van der Waals surface area contributed by atoms with Crippen molar-refractivity contribution >= 4 is 0 Å². The number of benzene rings is 1. The van der Waals surface area contributed by atoms with Gasteiger partial charge in [-0.3, -0.25) is 4.90 Å². The second-order valence-corrected chi connectivity index (χ2v) is 7.43. The van der Waals surface area contributed by atoms with Crippen LogP contribution in [0.15, 0.2) is 36.5 Å². The number of aryl methyl sites for hydroxylation is 3. The molecule has 2 aromatic rings. The van der Waals surface area contributed by atoms with Gasteiger partial charge in [0.15, 0.2) is 0 Å². The van der Waals surface area contributed by atoms with Gasteiger partial charge in [-0.05, 0) is 70.2 Å². The standard InChI is InChI=1S/C22H30N2O/c1-17-13-18(2)15-20(14-17)7-6-19-8-11-24(12-9-19)16-21-5-4-10-23-22(21)25-3/h4-5,10,13-15,19H,6-9,11-12,16H2,1-3H3. The SMILES string of the molecule is COc1ncccc1CN1CCC(CCc2cc(C)cc(C)c2)CC1. The normalized spacial score (nSPS) is 16.1. The minimum absolute atomic E-state index is 0.763. The van der Waals surface area contributed by atoms with E-state index in [2.05, 4.69) is 48.0 Å². The molecule has 1 aliphatic heterocycles. The molecule has 1 aromatic carbocycles. The van der Waals surface area contributed by atoms with E-state index >= 15 is 0 Å². The van der Waals surface area contributed by atoms with E-state index in [0.717, 1.165) is 18.3 Å². The maximum Gasteiger partial charge on any atom is 0.217 e. The number of rotatable bonds is 6. The molecule has 25 heavy (non-hydrogen) atoms. The molecule has 134 valence electrons. The van der Waals surface area contributed by atoms with E-state index in [9.17, 15) is 0 Å². The molecule has 1 fully saturated rings. The van der Waals surface area contributed by atoms with Crippen molar-refractivity contribution in [1.29, 1.82) is 0 Å². The lowest BCUT2D eigenvalue weighted by atomic mass is 9.90. The van der Waals surface area contributed by atoms with Crippen LogP contribution in [0.5, 0.6) is 5.88 Å². The summed E-state index contributed by atoms with van der Waals surface area (Å²) in [5, 5.41) is 0. The highest BCUT2D eigenvalue weighted by Crippen LogP contribution is 2.25. The third-order valence-corrected chi connectivity index (χ3v) is 5.27. The van der Waals surface area contributed by atoms with Gasteiger partial charge >= 0.3 is 0 Å². The lowest BCUT2D eigenvalue weighted by Gasteiger charge is -2.32. The molecular formula is C22H30N2O. The Labute approximate surface area is 152 Å². The number of nitrogens with zero attached hydrogens (tertiary/aromatic N) is 2. The van der Waals surface area contributed by atoms with Crippen molar-refractivity contribution in [2.75, 3.05) is 20.2 Å². The van der Waals surface area contributed by atoms with Gasteiger partial charge in [0.05, 0.1) is 7.11 Å². The molecule has 2 heterocycles. The predicted molar refractivity (Wildman–Crippen MR) is 103 cm³/mol. The van der Waals surface area contributed by atoms with Crippen molar-refractivity contribution in [1.82, 2.24) is 9.88 Å². The number of hydrogen-bond acceptors (Lipinski definition) is 3. The molecule has 3 nitrogen and oxygen atoms in total. The second-order valence-electron chi connectivity index (χ2n) is 7.43. The summed E-state index contributed by atoms with van der Waals surface area (Å²) in [4.78, 5) is 6.84. The van der Waals surface area contributed by atoms with Gasteiger partial charge in [0, 0.05) is 18.3 Å². The van der Waals surface area contributed by atoms with Gasteiger partial charge in [0.2, 0.25) is 5.88 Å². The molecule has 0 atom stereocenters. The minimum atomic E-state index is 0.763. The number of pyridine rings is 1. The molecule has 0 N–H and O–H groups in total. The van der Waals surface area contributed by atoms with E-state index in [1.165, 1.54) is 61.0 Å². The summed E-state index contributed by atoms with van der Waals surface area (Å²) >= 11 is 0. The van der Waals surface area contributed by atoms with Crippen LogP contribution < -0.4 is 4.74 Å². The number of aromatic nitrogens is 1. The van der Waals surface area contributed by atoms with Crippen molar-refractivity contribution in [2.24, 2.45) is 5.92 Å². The highest BCUT2D eigenvalue weighted by atomic mass is 16.5. The van der Waals surface area contributed by atoms with Gasteiger partial charge in [0.1, 0.15) is 0 Å². The van der Waals surface area contributed by atoms with E-state index in [0.29, 0.717) is 0 Å². The zero-order chi connectivity index (χ0) is 17.6. The Morgan fingerprint density at radius 2 is 1.84 bits per heavy atom. The van der Waals surface area contributed by atoms with Crippen LogP contribution >= 0.6 is 0 Å². The molecule has 3 rings (SSSR count). The molecule has 0 aliphatic carbocycles.